The fraction of sp³-hybridized carbons (Fsp3) is 0.0588. The molecule has 1 N–H and O–H groups in total. The summed E-state index contributed by atoms with van der Waals surface area (Å²) in [5, 5.41) is 3.71. The summed E-state index contributed by atoms with van der Waals surface area (Å²) in [6.45, 7) is 0.283. The molecular formula is C17H10BrCl2NO2S2. The van der Waals surface area contributed by atoms with Crippen molar-refractivity contribution in [3.63, 3.8) is 0 Å². The zero-order valence-electron chi connectivity index (χ0n) is 12.5. The third-order valence-corrected chi connectivity index (χ3v) is 5.54. The van der Waals surface area contributed by atoms with Gasteiger partial charge in [0.05, 0.1) is 4.91 Å². The standard InChI is InChI=1S/C17H10BrCl2NO2S2/c18-11-2-4-14(23-8-9-1-3-12(19)7-13(9)20)10(5-11)6-15-16(22)21-17(24)25-15/h1-7H,8H2,(H,21,22,24)/b15-6+. The van der Waals surface area contributed by atoms with Crippen molar-refractivity contribution in [3.05, 3.63) is 66.9 Å². The van der Waals surface area contributed by atoms with Crippen molar-refractivity contribution >= 4 is 79.4 Å². The Bertz CT molecular complexity index is 902. The molecule has 1 heterocycles. The van der Waals surface area contributed by atoms with Gasteiger partial charge in [0, 0.05) is 25.6 Å². The summed E-state index contributed by atoms with van der Waals surface area (Å²) >= 11 is 21.8. The maximum Gasteiger partial charge on any atom is 0.263 e. The number of thioether (sulfide) groups is 1. The Morgan fingerprint density at radius 3 is 2.72 bits per heavy atom. The van der Waals surface area contributed by atoms with E-state index in [1.807, 2.05) is 24.3 Å². The van der Waals surface area contributed by atoms with Crippen LogP contribution in [-0.2, 0) is 11.4 Å². The van der Waals surface area contributed by atoms with Crippen LogP contribution in [-0.4, -0.2) is 10.2 Å². The van der Waals surface area contributed by atoms with E-state index in [1.165, 1.54) is 11.8 Å². The van der Waals surface area contributed by atoms with Crippen LogP contribution in [0.4, 0.5) is 0 Å². The zero-order chi connectivity index (χ0) is 18.0. The van der Waals surface area contributed by atoms with Crippen LogP contribution < -0.4 is 10.1 Å². The van der Waals surface area contributed by atoms with Crippen molar-refractivity contribution in [2.45, 2.75) is 6.61 Å². The first kappa shape index (κ1) is 18.7. The Balaban J connectivity index is 1.85. The number of carbonyl (C=O) groups is 1. The maximum atomic E-state index is 11.9. The summed E-state index contributed by atoms with van der Waals surface area (Å²) in [6, 6.07) is 10.8. The number of benzene rings is 2. The minimum Gasteiger partial charge on any atom is -0.488 e. The van der Waals surface area contributed by atoms with E-state index in [0.717, 1.165) is 15.6 Å². The molecule has 2 aromatic rings. The van der Waals surface area contributed by atoms with Crippen LogP contribution >= 0.6 is 63.1 Å². The molecule has 1 aliphatic heterocycles. The fourth-order valence-electron chi connectivity index (χ4n) is 2.12. The Hall–Kier alpha value is -1.05. The van der Waals surface area contributed by atoms with E-state index in [0.29, 0.717) is 25.0 Å². The van der Waals surface area contributed by atoms with Gasteiger partial charge in [-0.25, -0.2) is 0 Å². The lowest BCUT2D eigenvalue weighted by atomic mass is 10.2. The average Bonchev–Trinajstić information content (AvgIpc) is 2.85. The van der Waals surface area contributed by atoms with Crippen LogP contribution in [0.2, 0.25) is 10.0 Å². The first-order valence-corrected chi connectivity index (χ1v) is 9.81. The van der Waals surface area contributed by atoms with E-state index >= 15 is 0 Å². The second-order valence-electron chi connectivity index (χ2n) is 5.06. The molecule has 0 aromatic heterocycles. The van der Waals surface area contributed by atoms with Crippen LogP contribution in [0.1, 0.15) is 11.1 Å². The zero-order valence-corrected chi connectivity index (χ0v) is 17.2. The molecule has 0 radical (unpaired) electrons. The average molecular weight is 475 g/mol. The highest BCUT2D eigenvalue weighted by molar-refractivity contribution is 9.10. The van der Waals surface area contributed by atoms with Crippen molar-refractivity contribution in [2.75, 3.05) is 0 Å². The van der Waals surface area contributed by atoms with Gasteiger partial charge < -0.3 is 10.1 Å². The predicted octanol–water partition coefficient (Wildman–Crippen LogP) is 5.82. The number of halogens is 3. The largest absolute Gasteiger partial charge is 0.488 e. The Morgan fingerprint density at radius 1 is 1.24 bits per heavy atom. The summed E-state index contributed by atoms with van der Waals surface area (Å²) in [6.07, 6.45) is 1.75. The molecule has 1 fully saturated rings. The van der Waals surface area contributed by atoms with Crippen molar-refractivity contribution < 1.29 is 9.53 Å². The third kappa shape index (κ3) is 4.77. The first-order chi connectivity index (χ1) is 11.9. The molecule has 0 unspecified atom stereocenters. The van der Waals surface area contributed by atoms with Crippen molar-refractivity contribution in [3.8, 4) is 5.75 Å². The van der Waals surface area contributed by atoms with Crippen LogP contribution in [0.5, 0.6) is 5.75 Å². The fourth-order valence-corrected chi connectivity index (χ4v) is 4.00. The van der Waals surface area contributed by atoms with Gasteiger partial charge in [-0.3, -0.25) is 4.79 Å². The van der Waals surface area contributed by atoms with Crippen LogP contribution in [0, 0.1) is 0 Å². The lowest BCUT2D eigenvalue weighted by Crippen LogP contribution is -2.17. The molecular weight excluding hydrogens is 465 g/mol. The summed E-state index contributed by atoms with van der Waals surface area (Å²) in [7, 11) is 0. The first-order valence-electron chi connectivity index (χ1n) is 7.03. The minimum absolute atomic E-state index is 0.207. The van der Waals surface area contributed by atoms with Crippen LogP contribution in [0.25, 0.3) is 6.08 Å². The molecule has 0 spiro atoms. The van der Waals surface area contributed by atoms with Gasteiger partial charge in [0.2, 0.25) is 0 Å². The highest BCUT2D eigenvalue weighted by atomic mass is 79.9. The Kier molecular flexibility index (Phi) is 6.07. The highest BCUT2D eigenvalue weighted by Gasteiger charge is 2.22. The lowest BCUT2D eigenvalue weighted by molar-refractivity contribution is -0.115. The van der Waals surface area contributed by atoms with Gasteiger partial charge >= 0.3 is 0 Å². The predicted molar refractivity (Wildman–Crippen MR) is 111 cm³/mol. The molecule has 0 bridgehead atoms. The number of hydrogen-bond donors (Lipinski definition) is 1. The second kappa shape index (κ2) is 8.10. The van der Waals surface area contributed by atoms with Crippen LogP contribution in [0.3, 0.4) is 0 Å². The molecule has 3 rings (SSSR count). The van der Waals surface area contributed by atoms with Crippen LogP contribution in [0.15, 0.2) is 45.8 Å². The number of amides is 1. The quantitative estimate of drug-likeness (QED) is 0.447. The lowest BCUT2D eigenvalue weighted by Gasteiger charge is -2.11. The van der Waals surface area contributed by atoms with E-state index in [4.69, 9.17) is 40.2 Å². The van der Waals surface area contributed by atoms with Crippen molar-refractivity contribution in [2.24, 2.45) is 0 Å². The molecule has 1 saturated heterocycles. The molecule has 1 aliphatic rings. The highest BCUT2D eigenvalue weighted by Crippen LogP contribution is 2.32. The Labute approximate surface area is 172 Å². The van der Waals surface area contributed by atoms with Crippen molar-refractivity contribution in [1.82, 2.24) is 5.32 Å². The van der Waals surface area contributed by atoms with E-state index in [2.05, 4.69) is 21.2 Å². The molecule has 0 saturated carbocycles. The van der Waals surface area contributed by atoms with Gasteiger partial charge in [-0.15, -0.1) is 0 Å². The monoisotopic (exact) mass is 473 g/mol. The molecule has 25 heavy (non-hydrogen) atoms. The van der Waals surface area contributed by atoms with Gasteiger partial charge in [0.1, 0.15) is 16.7 Å². The normalized spacial score (nSPS) is 15.6. The summed E-state index contributed by atoms with van der Waals surface area (Å²) in [4.78, 5) is 12.4. The van der Waals surface area contributed by atoms with Gasteiger partial charge in [-0.05, 0) is 36.4 Å². The summed E-state index contributed by atoms with van der Waals surface area (Å²) in [5.41, 5.74) is 1.59. The number of thiocarbonyl (C=S) groups is 1. The maximum absolute atomic E-state index is 11.9. The van der Waals surface area contributed by atoms with Gasteiger partial charge in [-0.2, -0.15) is 0 Å². The van der Waals surface area contributed by atoms with E-state index < -0.39 is 0 Å². The number of carbonyl (C=O) groups excluding carboxylic acids is 1. The van der Waals surface area contributed by atoms with E-state index in [-0.39, 0.29) is 12.5 Å². The van der Waals surface area contributed by atoms with Gasteiger partial charge in [0.25, 0.3) is 5.91 Å². The molecule has 0 atom stereocenters. The van der Waals surface area contributed by atoms with Crippen molar-refractivity contribution in [1.29, 1.82) is 0 Å². The molecule has 128 valence electrons. The number of rotatable bonds is 4. The molecule has 8 heteroatoms. The third-order valence-electron chi connectivity index (χ3n) is 3.30. The molecule has 1 amide bonds. The minimum atomic E-state index is -0.207. The molecule has 2 aromatic carbocycles. The second-order valence-corrected chi connectivity index (χ2v) is 8.54. The van der Waals surface area contributed by atoms with Gasteiger partial charge in [-0.1, -0.05) is 69.2 Å². The number of nitrogens with one attached hydrogen (secondary N) is 1. The molecule has 3 nitrogen and oxygen atoms in total. The van der Waals surface area contributed by atoms with E-state index in [9.17, 15) is 4.79 Å². The summed E-state index contributed by atoms with van der Waals surface area (Å²) in [5.74, 6) is 0.426. The van der Waals surface area contributed by atoms with Gasteiger partial charge in [0.15, 0.2) is 0 Å². The number of hydrogen-bond acceptors (Lipinski definition) is 4. The molecule has 0 aliphatic carbocycles. The summed E-state index contributed by atoms with van der Waals surface area (Å²) < 4.78 is 7.23. The SMILES string of the molecule is O=C1NC(=S)S/C1=C/c1cc(Br)ccc1OCc1ccc(Cl)cc1Cl. The van der Waals surface area contributed by atoms with E-state index in [1.54, 1.807) is 18.2 Å². The smallest absolute Gasteiger partial charge is 0.263 e. The number of ether oxygens (including phenoxy) is 1. The Morgan fingerprint density at radius 2 is 2.04 bits per heavy atom. The topological polar surface area (TPSA) is 38.3 Å².